The molecule has 0 spiro atoms. The van der Waals surface area contributed by atoms with Crippen LogP contribution in [0.3, 0.4) is 0 Å². The molecule has 0 saturated heterocycles. The summed E-state index contributed by atoms with van der Waals surface area (Å²) in [5, 5.41) is 2.92. The standard InChI is InChI=1S/C25H39NO3S/c1-19(2)30(28,29)18-22-12-10-20(11-13-22)8-9-21-14-16-23(17-15-21)25(27)26-24-6-4-3-5-7-24/h14-17,19-20,22,24H,3-13,18H2,1-2H3,(H,26,27). The van der Waals surface area contributed by atoms with Crippen molar-refractivity contribution in [2.24, 2.45) is 11.8 Å². The summed E-state index contributed by atoms with van der Waals surface area (Å²) in [6, 6.07) is 8.45. The first-order valence-corrected chi connectivity index (χ1v) is 13.7. The minimum Gasteiger partial charge on any atom is -0.349 e. The van der Waals surface area contributed by atoms with E-state index in [0.717, 1.165) is 56.9 Å². The van der Waals surface area contributed by atoms with E-state index in [1.807, 2.05) is 12.1 Å². The molecule has 2 fully saturated rings. The molecule has 0 aliphatic heterocycles. The van der Waals surface area contributed by atoms with E-state index < -0.39 is 9.84 Å². The molecule has 168 valence electrons. The average molecular weight is 434 g/mol. The first-order chi connectivity index (χ1) is 14.3. The summed E-state index contributed by atoms with van der Waals surface area (Å²) in [6.07, 6.45) is 12.5. The third kappa shape index (κ3) is 6.83. The average Bonchev–Trinajstić information content (AvgIpc) is 2.74. The Kier molecular flexibility index (Phi) is 8.38. The molecule has 5 heteroatoms. The second kappa shape index (κ2) is 10.8. The smallest absolute Gasteiger partial charge is 0.251 e. The maximum absolute atomic E-state index is 12.4. The van der Waals surface area contributed by atoms with Gasteiger partial charge in [-0.25, -0.2) is 8.42 Å². The zero-order valence-electron chi connectivity index (χ0n) is 18.7. The Morgan fingerprint density at radius 2 is 1.53 bits per heavy atom. The summed E-state index contributed by atoms with van der Waals surface area (Å²) in [5.41, 5.74) is 2.05. The molecule has 2 aliphatic carbocycles. The van der Waals surface area contributed by atoms with Crippen molar-refractivity contribution in [3.05, 3.63) is 35.4 Å². The van der Waals surface area contributed by atoms with Gasteiger partial charge < -0.3 is 5.32 Å². The number of nitrogens with one attached hydrogen (secondary N) is 1. The number of hydrogen-bond acceptors (Lipinski definition) is 3. The molecule has 0 radical (unpaired) electrons. The SMILES string of the molecule is CC(C)S(=O)(=O)CC1CCC(CCc2ccc(C(=O)NC3CCCCC3)cc2)CC1. The van der Waals surface area contributed by atoms with Crippen molar-refractivity contribution in [1.82, 2.24) is 5.32 Å². The van der Waals surface area contributed by atoms with Gasteiger partial charge in [-0.2, -0.15) is 0 Å². The first kappa shape index (κ1) is 23.3. The zero-order valence-corrected chi connectivity index (χ0v) is 19.6. The third-order valence-corrected chi connectivity index (χ3v) is 9.52. The van der Waals surface area contributed by atoms with Crippen LogP contribution in [0.4, 0.5) is 0 Å². The van der Waals surface area contributed by atoms with Gasteiger partial charge in [-0.1, -0.05) is 44.2 Å². The van der Waals surface area contributed by atoms with Crippen molar-refractivity contribution in [2.75, 3.05) is 5.75 Å². The molecular formula is C25H39NO3S. The van der Waals surface area contributed by atoms with Gasteiger partial charge in [0.2, 0.25) is 0 Å². The number of aryl methyl sites for hydroxylation is 1. The van der Waals surface area contributed by atoms with E-state index in [-0.39, 0.29) is 11.2 Å². The van der Waals surface area contributed by atoms with E-state index in [4.69, 9.17) is 0 Å². The summed E-state index contributed by atoms with van der Waals surface area (Å²) in [4.78, 5) is 12.4. The van der Waals surface area contributed by atoms with E-state index in [1.54, 1.807) is 13.8 Å². The summed E-state index contributed by atoms with van der Waals surface area (Å²) < 4.78 is 24.3. The summed E-state index contributed by atoms with van der Waals surface area (Å²) in [5.74, 6) is 1.46. The van der Waals surface area contributed by atoms with Crippen LogP contribution in [-0.2, 0) is 16.3 Å². The predicted molar refractivity (Wildman–Crippen MR) is 123 cm³/mol. The van der Waals surface area contributed by atoms with Crippen molar-refractivity contribution in [1.29, 1.82) is 0 Å². The number of hydrogen-bond donors (Lipinski definition) is 1. The number of amides is 1. The molecular weight excluding hydrogens is 394 g/mol. The van der Waals surface area contributed by atoms with Crippen LogP contribution >= 0.6 is 0 Å². The highest BCUT2D eigenvalue weighted by molar-refractivity contribution is 7.91. The fraction of sp³-hybridized carbons (Fsp3) is 0.720. The van der Waals surface area contributed by atoms with Gasteiger partial charge in [0.1, 0.15) is 0 Å². The largest absolute Gasteiger partial charge is 0.349 e. The molecule has 0 unspecified atom stereocenters. The van der Waals surface area contributed by atoms with Gasteiger partial charge in [0, 0.05) is 11.6 Å². The van der Waals surface area contributed by atoms with E-state index >= 15 is 0 Å². The number of rotatable bonds is 8. The summed E-state index contributed by atoms with van der Waals surface area (Å²) >= 11 is 0. The van der Waals surface area contributed by atoms with Crippen molar-refractivity contribution in [3.63, 3.8) is 0 Å². The lowest BCUT2D eigenvalue weighted by Crippen LogP contribution is -2.36. The number of carbonyl (C=O) groups excluding carboxylic acids is 1. The Morgan fingerprint density at radius 1 is 0.933 bits per heavy atom. The molecule has 1 N–H and O–H groups in total. The number of sulfone groups is 1. The highest BCUT2D eigenvalue weighted by atomic mass is 32.2. The van der Waals surface area contributed by atoms with Crippen LogP contribution in [0, 0.1) is 11.8 Å². The predicted octanol–water partition coefficient (Wildman–Crippen LogP) is 5.31. The summed E-state index contributed by atoms with van der Waals surface area (Å²) in [7, 11) is -2.92. The van der Waals surface area contributed by atoms with Crippen LogP contribution in [0.15, 0.2) is 24.3 Å². The van der Waals surface area contributed by atoms with Crippen molar-refractivity contribution >= 4 is 15.7 Å². The Labute approximate surface area is 183 Å². The van der Waals surface area contributed by atoms with Crippen molar-refractivity contribution in [2.45, 2.75) is 95.8 Å². The van der Waals surface area contributed by atoms with Crippen LogP contribution in [0.2, 0.25) is 0 Å². The minimum absolute atomic E-state index is 0.0584. The van der Waals surface area contributed by atoms with E-state index in [2.05, 4.69) is 17.4 Å². The Bertz CT molecular complexity index is 771. The highest BCUT2D eigenvalue weighted by Crippen LogP contribution is 2.33. The minimum atomic E-state index is -2.92. The molecule has 3 rings (SSSR count). The van der Waals surface area contributed by atoms with Crippen molar-refractivity contribution in [3.8, 4) is 0 Å². The Hall–Kier alpha value is -1.36. The second-order valence-corrected chi connectivity index (χ2v) is 12.4. The Balaban J connectivity index is 1.40. The molecule has 0 atom stereocenters. The fourth-order valence-electron chi connectivity index (χ4n) is 4.92. The van der Waals surface area contributed by atoms with Gasteiger partial charge in [-0.05, 0) is 81.9 Å². The monoisotopic (exact) mass is 433 g/mol. The topological polar surface area (TPSA) is 63.2 Å². The maximum Gasteiger partial charge on any atom is 0.251 e. The second-order valence-electron chi connectivity index (χ2n) is 9.81. The molecule has 1 amide bonds. The normalized spacial score (nSPS) is 23.4. The van der Waals surface area contributed by atoms with Gasteiger partial charge in [0.25, 0.3) is 5.91 Å². The zero-order chi connectivity index (χ0) is 21.6. The Morgan fingerprint density at radius 3 is 2.13 bits per heavy atom. The molecule has 0 heterocycles. The van der Waals surface area contributed by atoms with Crippen molar-refractivity contribution < 1.29 is 13.2 Å². The fourth-order valence-corrected chi connectivity index (χ4v) is 6.29. The first-order valence-electron chi connectivity index (χ1n) is 11.9. The molecule has 0 bridgehead atoms. The molecule has 0 aromatic heterocycles. The van der Waals surface area contributed by atoms with Crippen LogP contribution in [0.5, 0.6) is 0 Å². The van der Waals surface area contributed by atoms with Gasteiger partial charge in [0.05, 0.1) is 11.0 Å². The van der Waals surface area contributed by atoms with Crippen LogP contribution in [0.25, 0.3) is 0 Å². The lowest BCUT2D eigenvalue weighted by atomic mass is 9.80. The van der Waals surface area contributed by atoms with Crippen LogP contribution in [0.1, 0.15) is 94.0 Å². The number of carbonyl (C=O) groups is 1. The van der Waals surface area contributed by atoms with Crippen LogP contribution < -0.4 is 5.32 Å². The lowest BCUT2D eigenvalue weighted by molar-refractivity contribution is 0.0927. The van der Waals surface area contributed by atoms with Crippen LogP contribution in [-0.4, -0.2) is 31.4 Å². The molecule has 2 aliphatic rings. The van der Waals surface area contributed by atoms with E-state index in [0.29, 0.717) is 23.6 Å². The molecule has 2 saturated carbocycles. The van der Waals surface area contributed by atoms with E-state index in [9.17, 15) is 13.2 Å². The highest BCUT2D eigenvalue weighted by Gasteiger charge is 2.27. The quantitative estimate of drug-likeness (QED) is 0.604. The third-order valence-electron chi connectivity index (χ3n) is 7.15. The van der Waals surface area contributed by atoms with Gasteiger partial charge >= 0.3 is 0 Å². The molecule has 1 aromatic rings. The number of benzene rings is 1. The van der Waals surface area contributed by atoms with E-state index in [1.165, 1.54) is 24.8 Å². The maximum atomic E-state index is 12.4. The molecule has 1 aromatic carbocycles. The molecule has 4 nitrogen and oxygen atoms in total. The van der Waals surface area contributed by atoms with Gasteiger partial charge in [0.15, 0.2) is 9.84 Å². The lowest BCUT2D eigenvalue weighted by Gasteiger charge is -2.28. The summed E-state index contributed by atoms with van der Waals surface area (Å²) in [6.45, 7) is 3.57. The van der Waals surface area contributed by atoms with Gasteiger partial charge in [-0.15, -0.1) is 0 Å². The molecule has 30 heavy (non-hydrogen) atoms. The van der Waals surface area contributed by atoms with Gasteiger partial charge in [-0.3, -0.25) is 4.79 Å².